The summed E-state index contributed by atoms with van der Waals surface area (Å²) >= 11 is 0. The molecule has 1 N–H and O–H groups in total. The first kappa shape index (κ1) is 21.9. The third-order valence-electron chi connectivity index (χ3n) is 4.90. The fourth-order valence-electron chi connectivity index (χ4n) is 3.26. The van der Waals surface area contributed by atoms with Gasteiger partial charge in [-0.15, -0.1) is 6.58 Å². The maximum Gasteiger partial charge on any atom is 0.190 e. The number of ketones is 2. The zero-order chi connectivity index (χ0) is 20.9. The number of hydrogen-bond acceptors (Lipinski definition) is 6. The van der Waals surface area contributed by atoms with Gasteiger partial charge in [-0.3, -0.25) is 9.59 Å². The standard InChI is InChI=1S/C22H28O6/c1-6-22(2,3)21(28-12-8-7-11-23)14-13-17(26-4)18-15(24)9-10-16(25)19(18)20(14)27-5/h6,9-10,13,21,23H,1,7-8,11-12H2,2-5H3. The number of carbonyl (C=O) groups is 2. The van der Waals surface area contributed by atoms with Gasteiger partial charge in [0.2, 0.25) is 0 Å². The van der Waals surface area contributed by atoms with Gasteiger partial charge in [0.15, 0.2) is 11.6 Å². The van der Waals surface area contributed by atoms with E-state index in [1.54, 1.807) is 12.1 Å². The van der Waals surface area contributed by atoms with E-state index in [9.17, 15) is 9.59 Å². The summed E-state index contributed by atoms with van der Waals surface area (Å²) in [7, 11) is 2.92. The molecule has 0 saturated carbocycles. The van der Waals surface area contributed by atoms with Crippen LogP contribution in [0.15, 0.2) is 30.9 Å². The van der Waals surface area contributed by atoms with Crippen molar-refractivity contribution in [2.24, 2.45) is 5.41 Å². The smallest absolute Gasteiger partial charge is 0.190 e. The number of allylic oxidation sites excluding steroid dienone is 2. The summed E-state index contributed by atoms with van der Waals surface area (Å²) in [5.74, 6) is -0.0142. The van der Waals surface area contributed by atoms with Crippen molar-refractivity contribution in [1.29, 1.82) is 0 Å². The highest BCUT2D eigenvalue weighted by Gasteiger charge is 2.37. The Morgan fingerprint density at radius 2 is 1.75 bits per heavy atom. The third-order valence-corrected chi connectivity index (χ3v) is 4.90. The Hall–Kier alpha value is -2.44. The molecule has 2 rings (SSSR count). The number of ether oxygens (including phenoxy) is 3. The van der Waals surface area contributed by atoms with Gasteiger partial charge in [-0.1, -0.05) is 19.9 Å². The molecule has 0 aromatic heterocycles. The lowest BCUT2D eigenvalue weighted by atomic mass is 9.80. The van der Waals surface area contributed by atoms with E-state index in [0.29, 0.717) is 36.5 Å². The molecule has 6 heteroatoms. The van der Waals surface area contributed by atoms with Crippen LogP contribution in [0, 0.1) is 5.41 Å². The number of carbonyl (C=O) groups excluding carboxylic acids is 2. The molecule has 1 aromatic carbocycles. The van der Waals surface area contributed by atoms with Crippen LogP contribution in [0.3, 0.4) is 0 Å². The van der Waals surface area contributed by atoms with Gasteiger partial charge in [-0.05, 0) is 31.1 Å². The van der Waals surface area contributed by atoms with E-state index in [1.807, 2.05) is 13.8 Å². The summed E-state index contributed by atoms with van der Waals surface area (Å²) in [6.45, 7) is 8.36. The molecule has 1 unspecified atom stereocenters. The van der Waals surface area contributed by atoms with E-state index in [-0.39, 0.29) is 29.3 Å². The lowest BCUT2D eigenvalue weighted by Crippen LogP contribution is -2.25. The monoisotopic (exact) mass is 388 g/mol. The minimum absolute atomic E-state index is 0.0951. The van der Waals surface area contributed by atoms with Crippen LogP contribution < -0.4 is 9.47 Å². The van der Waals surface area contributed by atoms with Crippen molar-refractivity contribution in [3.8, 4) is 11.5 Å². The highest BCUT2D eigenvalue weighted by molar-refractivity contribution is 6.24. The SMILES string of the molecule is C=CC(C)(C)C(OCCCCO)c1cc(OC)c2c(c1OC)C(=O)C=CC2=O. The quantitative estimate of drug-likeness (QED) is 0.486. The zero-order valence-electron chi connectivity index (χ0n) is 16.9. The molecule has 1 aliphatic rings. The molecule has 0 saturated heterocycles. The molecule has 1 atom stereocenters. The molecule has 0 bridgehead atoms. The lowest BCUT2D eigenvalue weighted by Gasteiger charge is -2.34. The number of aliphatic hydroxyl groups is 1. The Labute approximate surface area is 165 Å². The fourth-order valence-corrected chi connectivity index (χ4v) is 3.26. The second-order valence-corrected chi connectivity index (χ2v) is 7.22. The molecule has 1 aliphatic carbocycles. The van der Waals surface area contributed by atoms with Gasteiger partial charge >= 0.3 is 0 Å². The van der Waals surface area contributed by atoms with Crippen molar-refractivity contribution in [3.05, 3.63) is 47.6 Å². The molecule has 0 aliphatic heterocycles. The summed E-state index contributed by atoms with van der Waals surface area (Å²) in [5.41, 5.74) is 0.506. The van der Waals surface area contributed by atoms with Crippen LogP contribution in [0.25, 0.3) is 0 Å². The van der Waals surface area contributed by atoms with E-state index in [4.69, 9.17) is 19.3 Å². The van der Waals surface area contributed by atoms with E-state index in [1.165, 1.54) is 26.4 Å². The number of fused-ring (bicyclic) bond motifs is 1. The van der Waals surface area contributed by atoms with Gasteiger partial charge < -0.3 is 19.3 Å². The van der Waals surface area contributed by atoms with Crippen LogP contribution in [0.1, 0.15) is 59.1 Å². The first-order valence-corrected chi connectivity index (χ1v) is 9.24. The lowest BCUT2D eigenvalue weighted by molar-refractivity contribution is -0.0116. The number of benzene rings is 1. The van der Waals surface area contributed by atoms with Crippen molar-refractivity contribution < 1.29 is 28.9 Å². The molecule has 0 spiro atoms. The second kappa shape index (κ2) is 9.17. The molecule has 6 nitrogen and oxygen atoms in total. The molecule has 0 radical (unpaired) electrons. The summed E-state index contributed by atoms with van der Waals surface area (Å²) < 4.78 is 17.2. The van der Waals surface area contributed by atoms with Gasteiger partial charge in [0.25, 0.3) is 0 Å². The Balaban J connectivity index is 2.66. The Kier molecular flexibility index (Phi) is 7.16. The largest absolute Gasteiger partial charge is 0.496 e. The molecule has 152 valence electrons. The number of rotatable bonds is 10. The van der Waals surface area contributed by atoms with Crippen LogP contribution in [0.4, 0.5) is 0 Å². The average molecular weight is 388 g/mol. The van der Waals surface area contributed by atoms with Crippen molar-refractivity contribution in [2.75, 3.05) is 27.4 Å². The summed E-state index contributed by atoms with van der Waals surface area (Å²) in [6.07, 6.45) is 5.08. The number of unbranched alkanes of at least 4 members (excludes halogenated alkanes) is 1. The van der Waals surface area contributed by atoms with Crippen LogP contribution in [-0.4, -0.2) is 44.1 Å². The van der Waals surface area contributed by atoms with Crippen LogP contribution >= 0.6 is 0 Å². The maximum absolute atomic E-state index is 12.6. The Bertz CT molecular complexity index is 791. The van der Waals surface area contributed by atoms with Crippen molar-refractivity contribution in [1.82, 2.24) is 0 Å². The number of methoxy groups -OCH3 is 2. The Morgan fingerprint density at radius 1 is 1.11 bits per heavy atom. The normalized spacial score (nSPS) is 14.6. The summed E-state index contributed by atoms with van der Waals surface area (Å²) in [5, 5.41) is 9.01. The van der Waals surface area contributed by atoms with Gasteiger partial charge in [0, 0.05) is 24.2 Å². The first-order valence-electron chi connectivity index (χ1n) is 9.24. The fraction of sp³-hybridized carbons (Fsp3) is 0.455. The van der Waals surface area contributed by atoms with Crippen LogP contribution in [0.5, 0.6) is 11.5 Å². The van der Waals surface area contributed by atoms with E-state index >= 15 is 0 Å². The highest BCUT2D eigenvalue weighted by atomic mass is 16.5. The molecule has 28 heavy (non-hydrogen) atoms. The van der Waals surface area contributed by atoms with Crippen LogP contribution in [0.2, 0.25) is 0 Å². The van der Waals surface area contributed by atoms with Gasteiger partial charge in [0.1, 0.15) is 11.5 Å². The van der Waals surface area contributed by atoms with Gasteiger partial charge in [-0.25, -0.2) is 0 Å². The minimum atomic E-state index is -0.497. The minimum Gasteiger partial charge on any atom is -0.496 e. The highest BCUT2D eigenvalue weighted by Crippen LogP contribution is 2.46. The third kappa shape index (κ3) is 4.18. The first-order chi connectivity index (χ1) is 13.3. The molecule has 1 aromatic rings. The topological polar surface area (TPSA) is 82.1 Å². The van der Waals surface area contributed by atoms with Gasteiger partial charge in [-0.2, -0.15) is 0 Å². The molecular weight excluding hydrogens is 360 g/mol. The predicted molar refractivity (Wildman–Crippen MR) is 106 cm³/mol. The van der Waals surface area contributed by atoms with Crippen molar-refractivity contribution >= 4 is 11.6 Å². The van der Waals surface area contributed by atoms with E-state index in [2.05, 4.69) is 6.58 Å². The predicted octanol–water partition coefficient (Wildman–Crippen LogP) is 3.68. The summed E-state index contributed by atoms with van der Waals surface area (Å²) in [6, 6.07) is 1.70. The van der Waals surface area contributed by atoms with Gasteiger partial charge in [0.05, 0.1) is 31.5 Å². The van der Waals surface area contributed by atoms with Crippen molar-refractivity contribution in [2.45, 2.75) is 32.8 Å². The Morgan fingerprint density at radius 3 is 2.29 bits per heavy atom. The average Bonchev–Trinajstić information content (AvgIpc) is 2.69. The maximum atomic E-state index is 12.6. The molecular formula is C22H28O6. The van der Waals surface area contributed by atoms with Crippen LogP contribution in [-0.2, 0) is 4.74 Å². The molecule has 0 heterocycles. The molecule has 0 fully saturated rings. The molecule has 0 amide bonds. The zero-order valence-corrected chi connectivity index (χ0v) is 16.9. The van der Waals surface area contributed by atoms with Crippen molar-refractivity contribution in [3.63, 3.8) is 0 Å². The number of aliphatic hydroxyl groups excluding tert-OH is 1. The number of hydrogen-bond donors (Lipinski definition) is 1. The van der Waals surface area contributed by atoms with E-state index < -0.39 is 11.5 Å². The second-order valence-electron chi connectivity index (χ2n) is 7.22. The summed E-state index contributed by atoms with van der Waals surface area (Å²) in [4.78, 5) is 25.0. The van der Waals surface area contributed by atoms with E-state index in [0.717, 1.165) is 0 Å².